The molecule has 0 aromatic heterocycles. The quantitative estimate of drug-likeness (QED) is 0.409. The monoisotopic (exact) mass is 125 g/mol. The SMILES string of the molecule is C=CC1[C@H](C)N1CCC. The van der Waals surface area contributed by atoms with Crippen molar-refractivity contribution in [3.63, 3.8) is 0 Å². The molecule has 1 aliphatic rings. The summed E-state index contributed by atoms with van der Waals surface area (Å²) in [6, 6.07) is 1.45. The molecule has 0 amide bonds. The highest BCUT2D eigenvalue weighted by atomic mass is 15.3. The van der Waals surface area contributed by atoms with E-state index in [0.717, 1.165) is 6.04 Å². The first-order valence-electron chi connectivity index (χ1n) is 3.69. The second-order valence-corrected chi connectivity index (χ2v) is 2.70. The predicted octanol–water partition coefficient (Wildman–Crippen LogP) is 1.66. The van der Waals surface area contributed by atoms with E-state index >= 15 is 0 Å². The van der Waals surface area contributed by atoms with Crippen molar-refractivity contribution in [3.05, 3.63) is 12.7 Å². The molecule has 0 aromatic rings. The van der Waals surface area contributed by atoms with Gasteiger partial charge in [0.1, 0.15) is 0 Å². The average molecular weight is 125 g/mol. The molecule has 0 radical (unpaired) electrons. The Morgan fingerprint density at radius 1 is 1.67 bits per heavy atom. The Morgan fingerprint density at radius 3 is 2.67 bits per heavy atom. The minimum Gasteiger partial charge on any atom is -0.291 e. The van der Waals surface area contributed by atoms with Gasteiger partial charge in [0.25, 0.3) is 0 Å². The first-order valence-corrected chi connectivity index (χ1v) is 3.69. The Balaban J connectivity index is 2.24. The normalized spacial score (nSPS) is 40.4. The van der Waals surface area contributed by atoms with Crippen LogP contribution in [-0.2, 0) is 0 Å². The molecule has 0 aromatic carbocycles. The van der Waals surface area contributed by atoms with Crippen LogP contribution in [0.1, 0.15) is 20.3 Å². The molecular formula is C8H15N. The molecule has 1 nitrogen and oxygen atoms in total. The van der Waals surface area contributed by atoms with Gasteiger partial charge in [-0.1, -0.05) is 13.0 Å². The molecule has 0 saturated carbocycles. The van der Waals surface area contributed by atoms with Gasteiger partial charge in [0.2, 0.25) is 0 Å². The lowest BCUT2D eigenvalue weighted by Crippen LogP contribution is -2.01. The van der Waals surface area contributed by atoms with E-state index < -0.39 is 0 Å². The van der Waals surface area contributed by atoms with Crippen molar-refractivity contribution < 1.29 is 0 Å². The first kappa shape index (κ1) is 6.81. The van der Waals surface area contributed by atoms with E-state index in [4.69, 9.17) is 0 Å². The molecule has 0 spiro atoms. The Hall–Kier alpha value is -0.300. The van der Waals surface area contributed by atoms with Gasteiger partial charge in [-0.05, 0) is 19.9 Å². The summed E-state index contributed by atoms with van der Waals surface area (Å²) in [6.45, 7) is 9.46. The lowest BCUT2D eigenvalue weighted by molar-refractivity contribution is 0.498. The van der Waals surface area contributed by atoms with E-state index in [1.165, 1.54) is 13.0 Å². The van der Waals surface area contributed by atoms with Crippen molar-refractivity contribution in [2.75, 3.05) is 6.54 Å². The molecule has 3 atom stereocenters. The van der Waals surface area contributed by atoms with Crippen molar-refractivity contribution in [1.82, 2.24) is 4.90 Å². The fourth-order valence-electron chi connectivity index (χ4n) is 1.38. The molecule has 2 unspecified atom stereocenters. The van der Waals surface area contributed by atoms with Crippen LogP contribution in [0.3, 0.4) is 0 Å². The zero-order valence-electron chi connectivity index (χ0n) is 6.30. The maximum Gasteiger partial charge on any atom is 0.0432 e. The summed E-state index contributed by atoms with van der Waals surface area (Å²) in [5, 5.41) is 0. The van der Waals surface area contributed by atoms with E-state index in [-0.39, 0.29) is 0 Å². The highest BCUT2D eigenvalue weighted by Gasteiger charge is 2.39. The molecule has 52 valence electrons. The molecule has 0 bridgehead atoms. The lowest BCUT2D eigenvalue weighted by Gasteiger charge is -1.95. The van der Waals surface area contributed by atoms with Gasteiger partial charge in [-0.15, -0.1) is 6.58 Å². The molecule has 0 N–H and O–H groups in total. The predicted molar refractivity (Wildman–Crippen MR) is 40.4 cm³/mol. The number of rotatable bonds is 3. The van der Waals surface area contributed by atoms with Crippen molar-refractivity contribution in [1.29, 1.82) is 0 Å². The molecule has 1 saturated heterocycles. The largest absolute Gasteiger partial charge is 0.291 e. The summed E-state index contributed by atoms with van der Waals surface area (Å²) in [4.78, 5) is 2.45. The van der Waals surface area contributed by atoms with Gasteiger partial charge in [-0.3, -0.25) is 4.90 Å². The Morgan fingerprint density at radius 2 is 2.33 bits per heavy atom. The fourth-order valence-corrected chi connectivity index (χ4v) is 1.38. The second-order valence-electron chi connectivity index (χ2n) is 2.70. The third kappa shape index (κ3) is 1.16. The Labute approximate surface area is 57.4 Å². The van der Waals surface area contributed by atoms with Crippen LogP contribution in [0.15, 0.2) is 12.7 Å². The van der Waals surface area contributed by atoms with E-state index in [1.54, 1.807) is 0 Å². The van der Waals surface area contributed by atoms with Crippen LogP contribution in [-0.4, -0.2) is 23.5 Å². The average Bonchev–Trinajstić information content (AvgIpc) is 2.44. The zero-order valence-corrected chi connectivity index (χ0v) is 6.30. The van der Waals surface area contributed by atoms with Gasteiger partial charge in [0.15, 0.2) is 0 Å². The lowest BCUT2D eigenvalue weighted by atomic mass is 10.3. The third-order valence-electron chi connectivity index (χ3n) is 2.03. The highest BCUT2D eigenvalue weighted by molar-refractivity contribution is 5.08. The smallest absolute Gasteiger partial charge is 0.0432 e. The van der Waals surface area contributed by atoms with E-state index in [9.17, 15) is 0 Å². The molecule has 1 heterocycles. The number of hydrogen-bond acceptors (Lipinski definition) is 1. The van der Waals surface area contributed by atoms with E-state index in [2.05, 4.69) is 25.3 Å². The summed E-state index contributed by atoms with van der Waals surface area (Å²) < 4.78 is 0. The van der Waals surface area contributed by atoms with Crippen LogP contribution in [0.4, 0.5) is 0 Å². The van der Waals surface area contributed by atoms with Gasteiger partial charge in [-0.25, -0.2) is 0 Å². The third-order valence-corrected chi connectivity index (χ3v) is 2.03. The van der Waals surface area contributed by atoms with Crippen LogP contribution in [0, 0.1) is 0 Å². The van der Waals surface area contributed by atoms with Gasteiger partial charge in [0.05, 0.1) is 0 Å². The standard InChI is InChI=1S/C8H15N/c1-4-6-9-7(3)8(9)5-2/h5,7-8H,2,4,6H2,1,3H3/t7-,8?,9?/m0/s1. The highest BCUT2D eigenvalue weighted by Crippen LogP contribution is 2.27. The maximum absolute atomic E-state index is 3.76. The summed E-state index contributed by atoms with van der Waals surface area (Å²) >= 11 is 0. The van der Waals surface area contributed by atoms with E-state index in [0.29, 0.717) is 6.04 Å². The minimum atomic E-state index is 0.685. The van der Waals surface area contributed by atoms with Gasteiger partial charge >= 0.3 is 0 Å². The molecule has 1 fully saturated rings. The van der Waals surface area contributed by atoms with Crippen molar-refractivity contribution >= 4 is 0 Å². The van der Waals surface area contributed by atoms with Crippen molar-refractivity contribution in [3.8, 4) is 0 Å². The van der Waals surface area contributed by atoms with Crippen LogP contribution in [0.5, 0.6) is 0 Å². The maximum atomic E-state index is 3.76. The molecule has 1 rings (SSSR count). The van der Waals surface area contributed by atoms with Gasteiger partial charge in [-0.2, -0.15) is 0 Å². The second kappa shape index (κ2) is 2.53. The van der Waals surface area contributed by atoms with Crippen LogP contribution in [0.2, 0.25) is 0 Å². The first-order chi connectivity index (χ1) is 4.31. The van der Waals surface area contributed by atoms with Gasteiger partial charge in [0, 0.05) is 12.1 Å². The zero-order chi connectivity index (χ0) is 6.85. The molecular weight excluding hydrogens is 110 g/mol. The molecule has 1 aliphatic heterocycles. The Bertz CT molecular complexity index is 109. The van der Waals surface area contributed by atoms with Crippen molar-refractivity contribution in [2.24, 2.45) is 0 Å². The topological polar surface area (TPSA) is 3.01 Å². The van der Waals surface area contributed by atoms with Crippen LogP contribution >= 0.6 is 0 Å². The molecule has 9 heavy (non-hydrogen) atoms. The Kier molecular flexibility index (Phi) is 1.91. The fraction of sp³-hybridized carbons (Fsp3) is 0.750. The van der Waals surface area contributed by atoms with Crippen LogP contribution < -0.4 is 0 Å². The summed E-state index contributed by atoms with van der Waals surface area (Å²) in [7, 11) is 0. The molecule has 1 heteroatoms. The van der Waals surface area contributed by atoms with Crippen LogP contribution in [0.25, 0.3) is 0 Å². The summed E-state index contributed by atoms with van der Waals surface area (Å²) in [5.74, 6) is 0. The minimum absolute atomic E-state index is 0.685. The number of hydrogen-bond donors (Lipinski definition) is 0. The molecule has 0 aliphatic carbocycles. The van der Waals surface area contributed by atoms with Crippen molar-refractivity contribution in [2.45, 2.75) is 32.4 Å². The number of nitrogens with zero attached hydrogens (tertiary/aromatic N) is 1. The van der Waals surface area contributed by atoms with Gasteiger partial charge < -0.3 is 0 Å². The summed E-state index contributed by atoms with van der Waals surface area (Å²) in [6.07, 6.45) is 3.30. The summed E-state index contributed by atoms with van der Waals surface area (Å²) in [5.41, 5.74) is 0. The van der Waals surface area contributed by atoms with E-state index in [1.807, 2.05) is 6.08 Å².